The van der Waals surface area contributed by atoms with E-state index in [0.717, 1.165) is 18.4 Å². The number of carbonyl (C=O) groups is 1. The molecule has 1 aromatic carbocycles. The molecule has 0 spiro atoms. The Morgan fingerprint density at radius 3 is 2.48 bits per heavy atom. The van der Waals surface area contributed by atoms with E-state index in [1.54, 1.807) is 17.0 Å². The van der Waals surface area contributed by atoms with Crippen LogP contribution >= 0.6 is 0 Å². The molecule has 1 amide bonds. The number of amides is 1. The summed E-state index contributed by atoms with van der Waals surface area (Å²) in [5, 5.41) is 9.37. The third kappa shape index (κ3) is 4.90. The first-order valence-electron chi connectivity index (χ1n) is 8.56. The van der Waals surface area contributed by atoms with Crippen molar-refractivity contribution in [2.24, 2.45) is 0 Å². The summed E-state index contributed by atoms with van der Waals surface area (Å²) in [6, 6.07) is 9.91. The van der Waals surface area contributed by atoms with Crippen LogP contribution in [0, 0.1) is 0 Å². The van der Waals surface area contributed by atoms with Crippen molar-refractivity contribution in [3.63, 3.8) is 0 Å². The molecule has 0 atom stereocenters. The number of benzene rings is 1. The van der Waals surface area contributed by atoms with Gasteiger partial charge in [-0.2, -0.15) is 13.2 Å². The maximum absolute atomic E-state index is 12.7. The summed E-state index contributed by atoms with van der Waals surface area (Å²) in [6.45, 7) is -0.525. The maximum atomic E-state index is 12.7. The van der Waals surface area contributed by atoms with Crippen LogP contribution in [0.3, 0.4) is 0 Å². The van der Waals surface area contributed by atoms with E-state index in [1.807, 2.05) is 12.1 Å². The minimum Gasteiger partial charge on any atom is -0.508 e. The average Bonchev–Trinajstić information content (AvgIpc) is 2.66. The van der Waals surface area contributed by atoms with Crippen molar-refractivity contribution in [2.45, 2.75) is 24.9 Å². The van der Waals surface area contributed by atoms with Crippen LogP contribution in [-0.4, -0.2) is 46.8 Å². The van der Waals surface area contributed by atoms with Gasteiger partial charge in [0.15, 0.2) is 6.61 Å². The number of aromatic hydroxyl groups is 1. The van der Waals surface area contributed by atoms with Crippen LogP contribution in [0.15, 0.2) is 42.6 Å². The molecule has 1 N–H and O–H groups in total. The molecular formula is C19H19F3N2O3. The van der Waals surface area contributed by atoms with E-state index in [-0.39, 0.29) is 29.0 Å². The zero-order valence-corrected chi connectivity index (χ0v) is 14.4. The molecule has 0 saturated carbocycles. The van der Waals surface area contributed by atoms with Crippen LogP contribution < -0.4 is 4.74 Å². The molecule has 0 radical (unpaired) electrons. The van der Waals surface area contributed by atoms with E-state index >= 15 is 0 Å². The summed E-state index contributed by atoms with van der Waals surface area (Å²) in [5.74, 6) is -0.219. The lowest BCUT2D eigenvalue weighted by atomic mass is 9.89. The first-order valence-corrected chi connectivity index (χ1v) is 8.56. The monoisotopic (exact) mass is 380 g/mol. The van der Waals surface area contributed by atoms with Gasteiger partial charge in [-0.25, -0.2) is 4.98 Å². The lowest BCUT2D eigenvalue weighted by molar-refractivity contribution is -0.154. The van der Waals surface area contributed by atoms with E-state index in [2.05, 4.69) is 4.98 Å². The Labute approximate surface area is 154 Å². The first kappa shape index (κ1) is 19.0. The third-order valence-electron chi connectivity index (χ3n) is 4.52. The van der Waals surface area contributed by atoms with Crippen molar-refractivity contribution >= 4 is 5.91 Å². The summed E-state index contributed by atoms with van der Waals surface area (Å²) in [5.41, 5.74) is 1.13. The van der Waals surface area contributed by atoms with Crippen LogP contribution in [0.4, 0.5) is 13.2 Å². The van der Waals surface area contributed by atoms with E-state index < -0.39 is 12.8 Å². The van der Waals surface area contributed by atoms with Gasteiger partial charge in [0, 0.05) is 19.3 Å². The Balaban J connectivity index is 1.65. The molecule has 0 bridgehead atoms. The molecule has 27 heavy (non-hydrogen) atoms. The van der Waals surface area contributed by atoms with Crippen molar-refractivity contribution in [3.8, 4) is 11.6 Å². The van der Waals surface area contributed by atoms with Crippen molar-refractivity contribution in [1.82, 2.24) is 9.88 Å². The molecular weight excluding hydrogens is 361 g/mol. The van der Waals surface area contributed by atoms with Crippen molar-refractivity contribution in [1.29, 1.82) is 0 Å². The summed E-state index contributed by atoms with van der Waals surface area (Å²) in [7, 11) is 0. The molecule has 1 aliphatic rings. The van der Waals surface area contributed by atoms with Crippen molar-refractivity contribution < 1.29 is 27.8 Å². The predicted molar refractivity (Wildman–Crippen MR) is 91.8 cm³/mol. The van der Waals surface area contributed by atoms with E-state index in [9.17, 15) is 23.1 Å². The van der Waals surface area contributed by atoms with Gasteiger partial charge in [0.05, 0.1) is 0 Å². The number of pyridine rings is 1. The molecule has 144 valence electrons. The number of likely N-dealkylation sites (tertiary alicyclic amines) is 1. The summed E-state index contributed by atoms with van der Waals surface area (Å²) in [6.07, 6.45) is -1.75. The average molecular weight is 380 g/mol. The number of rotatable bonds is 4. The van der Waals surface area contributed by atoms with E-state index in [1.165, 1.54) is 18.3 Å². The zero-order chi connectivity index (χ0) is 19.4. The molecule has 8 heteroatoms. The van der Waals surface area contributed by atoms with Crippen LogP contribution in [0.1, 0.15) is 34.7 Å². The van der Waals surface area contributed by atoms with Gasteiger partial charge in [-0.05, 0) is 48.6 Å². The number of piperidine rings is 1. The van der Waals surface area contributed by atoms with Gasteiger partial charge < -0.3 is 14.7 Å². The largest absolute Gasteiger partial charge is 0.508 e. The molecule has 1 fully saturated rings. The number of phenolic OH excluding ortho intramolecular Hbond substituents is 1. The summed E-state index contributed by atoms with van der Waals surface area (Å²) < 4.78 is 41.9. The molecule has 2 heterocycles. The van der Waals surface area contributed by atoms with Crippen LogP contribution in [0.2, 0.25) is 0 Å². The van der Waals surface area contributed by atoms with Crippen LogP contribution in [0.25, 0.3) is 0 Å². The Hall–Kier alpha value is -2.77. The standard InChI is InChI=1S/C19H19F3N2O3/c20-19(21,22)12-27-17-16(2-1-9-23-17)18(26)24-10-7-14(8-11-24)13-3-5-15(25)6-4-13/h1-6,9,14,25H,7-8,10-12H2. The minimum atomic E-state index is -4.50. The first-order chi connectivity index (χ1) is 12.8. The smallest absolute Gasteiger partial charge is 0.422 e. The van der Waals surface area contributed by atoms with Crippen LogP contribution in [0.5, 0.6) is 11.6 Å². The highest BCUT2D eigenvalue weighted by Crippen LogP contribution is 2.30. The number of halogens is 3. The highest BCUT2D eigenvalue weighted by atomic mass is 19.4. The lowest BCUT2D eigenvalue weighted by Gasteiger charge is -2.32. The number of hydrogen-bond acceptors (Lipinski definition) is 4. The van der Waals surface area contributed by atoms with Gasteiger partial charge >= 0.3 is 6.18 Å². The fourth-order valence-corrected chi connectivity index (χ4v) is 3.15. The number of carbonyl (C=O) groups excluding carboxylic acids is 1. The predicted octanol–water partition coefficient (Wildman–Crippen LogP) is 3.75. The second kappa shape index (κ2) is 7.85. The van der Waals surface area contributed by atoms with Gasteiger partial charge in [-0.15, -0.1) is 0 Å². The molecule has 0 unspecified atom stereocenters. The van der Waals surface area contributed by atoms with Crippen molar-refractivity contribution in [3.05, 3.63) is 53.7 Å². The molecule has 3 rings (SSSR count). The maximum Gasteiger partial charge on any atom is 0.422 e. The van der Waals surface area contributed by atoms with Gasteiger partial charge in [-0.1, -0.05) is 12.1 Å². The zero-order valence-electron chi connectivity index (χ0n) is 14.4. The Morgan fingerprint density at radius 2 is 1.85 bits per heavy atom. The number of nitrogens with zero attached hydrogens (tertiary/aromatic N) is 2. The van der Waals surface area contributed by atoms with E-state index in [0.29, 0.717) is 13.1 Å². The van der Waals surface area contributed by atoms with E-state index in [4.69, 9.17) is 4.74 Å². The van der Waals surface area contributed by atoms with Crippen molar-refractivity contribution in [2.75, 3.05) is 19.7 Å². The second-order valence-electron chi connectivity index (χ2n) is 6.42. The van der Waals surface area contributed by atoms with Gasteiger partial charge in [0.25, 0.3) is 5.91 Å². The Bertz CT molecular complexity index is 786. The summed E-state index contributed by atoms with van der Waals surface area (Å²) >= 11 is 0. The molecule has 1 aromatic heterocycles. The fourth-order valence-electron chi connectivity index (χ4n) is 3.15. The number of alkyl halides is 3. The fraction of sp³-hybridized carbons (Fsp3) is 0.368. The SMILES string of the molecule is O=C(c1cccnc1OCC(F)(F)F)N1CCC(c2ccc(O)cc2)CC1. The lowest BCUT2D eigenvalue weighted by Crippen LogP contribution is -2.38. The number of ether oxygens (including phenoxy) is 1. The quantitative estimate of drug-likeness (QED) is 0.878. The topological polar surface area (TPSA) is 62.7 Å². The highest BCUT2D eigenvalue weighted by Gasteiger charge is 2.31. The molecule has 1 aliphatic heterocycles. The molecule has 1 saturated heterocycles. The molecule has 5 nitrogen and oxygen atoms in total. The molecule has 2 aromatic rings. The Morgan fingerprint density at radius 1 is 1.19 bits per heavy atom. The third-order valence-corrected chi connectivity index (χ3v) is 4.52. The van der Waals surface area contributed by atoms with Gasteiger partial charge in [0.2, 0.25) is 5.88 Å². The highest BCUT2D eigenvalue weighted by molar-refractivity contribution is 5.96. The Kier molecular flexibility index (Phi) is 5.53. The van der Waals surface area contributed by atoms with Gasteiger partial charge in [0.1, 0.15) is 11.3 Å². The molecule has 0 aliphatic carbocycles. The normalized spacial score (nSPS) is 15.6. The number of aromatic nitrogens is 1. The number of hydrogen-bond donors (Lipinski definition) is 1. The summed E-state index contributed by atoms with van der Waals surface area (Å²) in [4.78, 5) is 18.1. The minimum absolute atomic E-state index is 0.0323. The van der Waals surface area contributed by atoms with Crippen LogP contribution in [-0.2, 0) is 0 Å². The second-order valence-corrected chi connectivity index (χ2v) is 6.42. The van der Waals surface area contributed by atoms with Gasteiger partial charge in [-0.3, -0.25) is 4.79 Å². The number of phenols is 1.